The van der Waals surface area contributed by atoms with Crippen molar-refractivity contribution in [2.75, 3.05) is 0 Å². The highest BCUT2D eigenvalue weighted by molar-refractivity contribution is 5.41. The van der Waals surface area contributed by atoms with Crippen molar-refractivity contribution in [1.82, 2.24) is 0 Å². The number of phenolic OH excluding ortho intramolecular Hbond substituents is 1. The molecule has 0 spiro atoms. The van der Waals surface area contributed by atoms with Crippen LogP contribution in [-0.2, 0) is 6.42 Å². The number of fused-ring (bicyclic) bond motifs is 1. The lowest BCUT2D eigenvalue weighted by Gasteiger charge is -2.32. The summed E-state index contributed by atoms with van der Waals surface area (Å²) >= 11 is 0. The maximum absolute atomic E-state index is 9.47. The van der Waals surface area contributed by atoms with Gasteiger partial charge in [0.2, 0.25) is 0 Å². The van der Waals surface area contributed by atoms with Gasteiger partial charge >= 0.3 is 0 Å². The second-order valence-corrected chi connectivity index (χ2v) is 5.21. The molecule has 2 rings (SSSR count). The second kappa shape index (κ2) is 4.36. The van der Waals surface area contributed by atoms with Crippen LogP contribution in [0.15, 0.2) is 18.2 Å². The fraction of sp³-hybridized carbons (Fsp3) is 0.571. The number of aromatic hydroxyl groups is 1. The minimum absolute atomic E-state index is 0.277. The van der Waals surface area contributed by atoms with Gasteiger partial charge in [0.15, 0.2) is 0 Å². The van der Waals surface area contributed by atoms with Crippen LogP contribution in [0.4, 0.5) is 0 Å². The largest absolute Gasteiger partial charge is 0.508 e. The lowest BCUT2D eigenvalue weighted by molar-refractivity contribution is 0.115. The number of ether oxygens (including phenoxy) is 1. The van der Waals surface area contributed by atoms with E-state index in [1.54, 1.807) is 6.07 Å². The van der Waals surface area contributed by atoms with E-state index < -0.39 is 0 Å². The molecular weight excluding hydrogens is 200 g/mol. The first kappa shape index (κ1) is 11.3. The van der Waals surface area contributed by atoms with Crippen molar-refractivity contribution in [3.05, 3.63) is 23.8 Å². The number of hydrogen-bond acceptors (Lipinski definition) is 2. The molecule has 1 aliphatic rings. The molecule has 16 heavy (non-hydrogen) atoms. The van der Waals surface area contributed by atoms with E-state index >= 15 is 0 Å². The fourth-order valence-corrected chi connectivity index (χ4v) is 2.47. The van der Waals surface area contributed by atoms with Crippen LogP contribution >= 0.6 is 0 Å². The Hall–Kier alpha value is -1.18. The van der Waals surface area contributed by atoms with Crippen molar-refractivity contribution >= 4 is 0 Å². The van der Waals surface area contributed by atoms with Crippen molar-refractivity contribution in [2.24, 2.45) is 11.8 Å². The molecule has 1 heterocycles. The molecule has 2 heteroatoms. The molecule has 1 aromatic rings. The SMILES string of the molecule is CC(C)CC1Cc2cc(O)ccc2OC1C. The van der Waals surface area contributed by atoms with Crippen LogP contribution in [-0.4, -0.2) is 11.2 Å². The average molecular weight is 220 g/mol. The molecule has 0 aliphatic carbocycles. The summed E-state index contributed by atoms with van der Waals surface area (Å²) in [5.74, 6) is 2.52. The number of hydrogen-bond donors (Lipinski definition) is 1. The van der Waals surface area contributed by atoms with E-state index in [-0.39, 0.29) is 6.10 Å². The van der Waals surface area contributed by atoms with E-state index in [1.165, 1.54) is 6.42 Å². The van der Waals surface area contributed by atoms with Gasteiger partial charge in [-0.1, -0.05) is 13.8 Å². The van der Waals surface area contributed by atoms with E-state index in [0.29, 0.717) is 17.6 Å². The van der Waals surface area contributed by atoms with Gasteiger partial charge in [0, 0.05) is 0 Å². The van der Waals surface area contributed by atoms with Gasteiger partial charge in [0.25, 0.3) is 0 Å². The van der Waals surface area contributed by atoms with Gasteiger partial charge in [-0.3, -0.25) is 0 Å². The molecule has 0 aromatic heterocycles. The van der Waals surface area contributed by atoms with Gasteiger partial charge in [0.1, 0.15) is 11.5 Å². The summed E-state index contributed by atoms with van der Waals surface area (Å²) < 4.78 is 5.89. The van der Waals surface area contributed by atoms with Gasteiger partial charge in [0.05, 0.1) is 6.10 Å². The lowest BCUT2D eigenvalue weighted by Crippen LogP contribution is -2.31. The standard InChI is InChI=1S/C14H20O2/c1-9(2)6-11-7-12-8-13(15)4-5-14(12)16-10(11)3/h4-5,8-11,15H,6-7H2,1-3H3. The molecule has 2 unspecified atom stereocenters. The Labute approximate surface area is 97.3 Å². The molecule has 1 aromatic carbocycles. The Morgan fingerprint density at radius 3 is 2.88 bits per heavy atom. The molecule has 1 N–H and O–H groups in total. The monoisotopic (exact) mass is 220 g/mol. The first-order valence-electron chi connectivity index (χ1n) is 6.05. The van der Waals surface area contributed by atoms with Gasteiger partial charge in [-0.25, -0.2) is 0 Å². The van der Waals surface area contributed by atoms with Crippen LogP contribution in [0.1, 0.15) is 32.8 Å². The van der Waals surface area contributed by atoms with Crippen molar-refractivity contribution in [3.63, 3.8) is 0 Å². The molecule has 1 aliphatic heterocycles. The summed E-state index contributed by atoms with van der Waals surface area (Å²) in [6.45, 7) is 6.62. The molecule has 0 saturated carbocycles. The van der Waals surface area contributed by atoms with Crippen molar-refractivity contribution in [1.29, 1.82) is 0 Å². The van der Waals surface area contributed by atoms with E-state index in [4.69, 9.17) is 4.74 Å². The van der Waals surface area contributed by atoms with Gasteiger partial charge in [-0.2, -0.15) is 0 Å². The van der Waals surface area contributed by atoms with Crippen LogP contribution in [0, 0.1) is 11.8 Å². The topological polar surface area (TPSA) is 29.5 Å². The van der Waals surface area contributed by atoms with Gasteiger partial charge in [-0.15, -0.1) is 0 Å². The second-order valence-electron chi connectivity index (χ2n) is 5.21. The molecule has 2 atom stereocenters. The van der Waals surface area contributed by atoms with Crippen molar-refractivity contribution < 1.29 is 9.84 Å². The number of benzene rings is 1. The Bertz CT molecular complexity index is 371. The van der Waals surface area contributed by atoms with Crippen LogP contribution in [0.3, 0.4) is 0 Å². The number of rotatable bonds is 2. The van der Waals surface area contributed by atoms with E-state index in [0.717, 1.165) is 17.7 Å². The molecule has 0 saturated heterocycles. The zero-order chi connectivity index (χ0) is 11.7. The van der Waals surface area contributed by atoms with E-state index in [2.05, 4.69) is 20.8 Å². The highest BCUT2D eigenvalue weighted by Gasteiger charge is 2.27. The predicted molar refractivity (Wildman–Crippen MR) is 64.8 cm³/mol. The highest BCUT2D eigenvalue weighted by Crippen LogP contribution is 2.35. The van der Waals surface area contributed by atoms with Gasteiger partial charge in [-0.05, 0) is 55.4 Å². The zero-order valence-corrected chi connectivity index (χ0v) is 10.2. The minimum atomic E-state index is 0.277. The Morgan fingerprint density at radius 2 is 2.19 bits per heavy atom. The summed E-state index contributed by atoms with van der Waals surface area (Å²) in [4.78, 5) is 0. The van der Waals surface area contributed by atoms with Crippen LogP contribution in [0.5, 0.6) is 11.5 Å². The third-order valence-electron chi connectivity index (χ3n) is 3.28. The van der Waals surface area contributed by atoms with Crippen LogP contribution < -0.4 is 4.74 Å². The Kier molecular flexibility index (Phi) is 3.08. The predicted octanol–water partition coefficient (Wildman–Crippen LogP) is 3.38. The quantitative estimate of drug-likeness (QED) is 0.828. The highest BCUT2D eigenvalue weighted by atomic mass is 16.5. The molecule has 2 nitrogen and oxygen atoms in total. The third-order valence-corrected chi connectivity index (χ3v) is 3.28. The minimum Gasteiger partial charge on any atom is -0.508 e. The van der Waals surface area contributed by atoms with E-state index in [9.17, 15) is 5.11 Å². The maximum Gasteiger partial charge on any atom is 0.123 e. The molecule has 0 radical (unpaired) electrons. The van der Waals surface area contributed by atoms with Crippen LogP contribution in [0.2, 0.25) is 0 Å². The molecular formula is C14H20O2. The van der Waals surface area contributed by atoms with Crippen LogP contribution in [0.25, 0.3) is 0 Å². The van der Waals surface area contributed by atoms with Crippen molar-refractivity contribution in [3.8, 4) is 11.5 Å². The molecule has 0 bridgehead atoms. The maximum atomic E-state index is 9.47. The third kappa shape index (κ3) is 2.31. The first-order chi connectivity index (χ1) is 7.56. The lowest BCUT2D eigenvalue weighted by atomic mass is 9.85. The molecule has 0 amide bonds. The summed E-state index contributed by atoms with van der Waals surface area (Å²) in [7, 11) is 0. The number of phenols is 1. The zero-order valence-electron chi connectivity index (χ0n) is 10.2. The first-order valence-corrected chi connectivity index (χ1v) is 6.05. The van der Waals surface area contributed by atoms with Gasteiger partial charge < -0.3 is 9.84 Å². The fourth-order valence-electron chi connectivity index (χ4n) is 2.47. The summed E-state index contributed by atoms with van der Waals surface area (Å²) in [6.07, 6.45) is 2.47. The average Bonchev–Trinajstić information content (AvgIpc) is 2.19. The van der Waals surface area contributed by atoms with E-state index in [1.807, 2.05) is 12.1 Å². The summed E-state index contributed by atoms with van der Waals surface area (Å²) in [5, 5.41) is 9.47. The Balaban J connectivity index is 2.19. The smallest absolute Gasteiger partial charge is 0.123 e. The molecule has 88 valence electrons. The Morgan fingerprint density at radius 1 is 1.44 bits per heavy atom. The molecule has 0 fully saturated rings. The van der Waals surface area contributed by atoms with Crippen molar-refractivity contribution in [2.45, 2.75) is 39.7 Å². The summed E-state index contributed by atoms with van der Waals surface area (Å²) in [6, 6.07) is 5.38. The normalized spacial score (nSPS) is 24.0. The summed E-state index contributed by atoms with van der Waals surface area (Å²) in [5.41, 5.74) is 1.14.